The maximum atomic E-state index is 9.55. The van der Waals surface area contributed by atoms with Gasteiger partial charge < -0.3 is 24.6 Å². The molecule has 12 heteroatoms. The van der Waals surface area contributed by atoms with Gasteiger partial charge in [0, 0.05) is 42.2 Å². The summed E-state index contributed by atoms with van der Waals surface area (Å²) in [6, 6.07) is 20.1. The van der Waals surface area contributed by atoms with E-state index in [-0.39, 0.29) is 12.2 Å². The molecule has 5 rings (SSSR count). The van der Waals surface area contributed by atoms with Gasteiger partial charge in [0.15, 0.2) is 4.34 Å². The zero-order valence-corrected chi connectivity index (χ0v) is 27.3. The Balaban J connectivity index is 0.000000510. The predicted molar refractivity (Wildman–Crippen MR) is 179 cm³/mol. The van der Waals surface area contributed by atoms with Crippen molar-refractivity contribution in [1.82, 2.24) is 14.9 Å². The summed E-state index contributed by atoms with van der Waals surface area (Å²) >= 11 is 9.73. The minimum absolute atomic E-state index is 0.176. The Labute approximate surface area is 275 Å². The van der Waals surface area contributed by atoms with Gasteiger partial charge in [-0.1, -0.05) is 41.6 Å². The highest BCUT2D eigenvalue weighted by atomic mass is 35.5. The zero-order valence-electron chi connectivity index (χ0n) is 24.9. The van der Waals surface area contributed by atoms with Crippen LogP contribution in [0.15, 0.2) is 83.4 Å². The number of carbonyl (C=O) groups is 2. The van der Waals surface area contributed by atoms with Crippen LogP contribution in [0.1, 0.15) is 43.5 Å². The first-order valence-corrected chi connectivity index (χ1v) is 16.8. The standard InChI is InChI=1S/C29H32ClN3O2S2.C4H4O4/c1-2-34-24-11-12-25-27(20-24)37-29(32-25)36-19-5-16-33-17-13-23(14-18-33)35-28(26-6-3-4-15-31-26)21-7-9-22(30)10-8-21;5-3(6)1-2-4(7)8/h3-4,6-12,15,20,23,28H,2,5,13-14,16-19H2,1H3;1-2H,(H,5,6)(H,7,8). The molecule has 1 atom stereocenters. The van der Waals surface area contributed by atoms with E-state index in [1.807, 2.05) is 73.4 Å². The number of fused-ring (bicyclic) bond motifs is 1. The predicted octanol–water partition coefficient (Wildman–Crippen LogP) is 7.21. The lowest BCUT2D eigenvalue weighted by molar-refractivity contribution is -0.134. The summed E-state index contributed by atoms with van der Waals surface area (Å²) in [6.07, 6.45) is 6.20. The van der Waals surface area contributed by atoms with Crippen molar-refractivity contribution in [2.45, 2.75) is 42.7 Å². The normalized spacial score (nSPS) is 14.6. The number of hydrogen-bond donors (Lipinski definition) is 2. The largest absolute Gasteiger partial charge is 0.494 e. The average molecular weight is 670 g/mol. The molecule has 45 heavy (non-hydrogen) atoms. The smallest absolute Gasteiger partial charge is 0.328 e. The van der Waals surface area contributed by atoms with E-state index in [9.17, 15) is 9.59 Å². The Morgan fingerprint density at radius 1 is 1.09 bits per heavy atom. The van der Waals surface area contributed by atoms with Crippen LogP contribution in [-0.4, -0.2) is 75.1 Å². The fourth-order valence-electron chi connectivity index (χ4n) is 4.74. The first kappa shape index (κ1) is 34.4. The molecule has 0 amide bonds. The quantitative estimate of drug-likeness (QED) is 0.0858. The van der Waals surface area contributed by atoms with Gasteiger partial charge in [-0.3, -0.25) is 4.98 Å². The number of carboxylic acid groups (broad SMARTS) is 2. The Kier molecular flexibility index (Phi) is 13.7. The molecule has 3 heterocycles. The molecule has 2 aromatic carbocycles. The van der Waals surface area contributed by atoms with E-state index in [1.165, 1.54) is 4.70 Å². The molecule has 1 unspecified atom stereocenters. The summed E-state index contributed by atoms with van der Waals surface area (Å²) in [4.78, 5) is 31.0. The topological polar surface area (TPSA) is 122 Å². The number of benzene rings is 2. The number of carboxylic acids is 2. The third-order valence-corrected chi connectivity index (χ3v) is 9.36. The Bertz CT molecular complexity index is 1530. The maximum Gasteiger partial charge on any atom is 0.328 e. The second kappa shape index (κ2) is 17.9. The third kappa shape index (κ3) is 11.4. The summed E-state index contributed by atoms with van der Waals surface area (Å²) in [7, 11) is 0. The van der Waals surface area contributed by atoms with E-state index in [2.05, 4.69) is 22.0 Å². The minimum atomic E-state index is -1.26. The lowest BCUT2D eigenvalue weighted by Crippen LogP contribution is -2.38. The van der Waals surface area contributed by atoms with Crippen molar-refractivity contribution in [3.63, 3.8) is 0 Å². The van der Waals surface area contributed by atoms with Crippen LogP contribution in [0, 0.1) is 0 Å². The second-order valence-corrected chi connectivity index (χ2v) is 12.9. The molecule has 2 N–H and O–H groups in total. The van der Waals surface area contributed by atoms with Crippen molar-refractivity contribution >= 4 is 56.9 Å². The number of thioether (sulfide) groups is 1. The summed E-state index contributed by atoms with van der Waals surface area (Å²) in [6.45, 7) is 5.93. The van der Waals surface area contributed by atoms with Crippen molar-refractivity contribution < 1.29 is 29.3 Å². The van der Waals surface area contributed by atoms with Crippen molar-refractivity contribution in [2.75, 3.05) is 32.0 Å². The molecule has 0 aliphatic carbocycles. The molecule has 1 saturated heterocycles. The van der Waals surface area contributed by atoms with Crippen molar-refractivity contribution in [3.05, 3.63) is 95.3 Å². The average Bonchev–Trinajstić information content (AvgIpc) is 3.45. The van der Waals surface area contributed by atoms with Crippen LogP contribution in [0.4, 0.5) is 0 Å². The summed E-state index contributed by atoms with van der Waals surface area (Å²) in [5.74, 6) is -0.519. The number of ether oxygens (including phenoxy) is 2. The van der Waals surface area contributed by atoms with Gasteiger partial charge in [-0.25, -0.2) is 14.6 Å². The highest BCUT2D eigenvalue weighted by Gasteiger charge is 2.25. The van der Waals surface area contributed by atoms with E-state index in [1.54, 1.807) is 11.3 Å². The van der Waals surface area contributed by atoms with E-state index in [4.69, 9.17) is 36.3 Å². The number of piperidine rings is 1. The number of halogens is 1. The van der Waals surface area contributed by atoms with Gasteiger partial charge in [0.2, 0.25) is 0 Å². The fraction of sp³-hybridized carbons (Fsp3) is 0.333. The number of thiazole rings is 1. The molecule has 9 nitrogen and oxygen atoms in total. The monoisotopic (exact) mass is 669 g/mol. The number of aliphatic carboxylic acids is 2. The van der Waals surface area contributed by atoms with Crippen LogP contribution >= 0.6 is 34.7 Å². The molecule has 4 aromatic rings. The SMILES string of the molecule is CCOc1ccc2nc(SCCCN3CCC(OC(c4ccc(Cl)cc4)c4ccccn4)CC3)sc2c1.O=C(O)C=CC(=O)O. The van der Waals surface area contributed by atoms with Crippen LogP contribution < -0.4 is 4.74 Å². The molecule has 1 aliphatic heterocycles. The van der Waals surface area contributed by atoms with E-state index >= 15 is 0 Å². The Morgan fingerprint density at radius 3 is 2.47 bits per heavy atom. The molecule has 0 saturated carbocycles. The van der Waals surface area contributed by atoms with Crippen molar-refractivity contribution in [1.29, 1.82) is 0 Å². The molecular formula is C33H36ClN3O6S2. The molecular weight excluding hydrogens is 634 g/mol. The third-order valence-electron chi connectivity index (χ3n) is 6.86. The molecule has 238 valence electrons. The van der Waals surface area contributed by atoms with E-state index in [0.717, 1.165) is 76.5 Å². The molecule has 0 radical (unpaired) electrons. The second-order valence-electron chi connectivity index (χ2n) is 10.1. The number of rotatable bonds is 13. The fourth-order valence-corrected chi connectivity index (χ4v) is 6.96. The summed E-state index contributed by atoms with van der Waals surface area (Å²) in [5.41, 5.74) is 3.08. The van der Waals surface area contributed by atoms with Gasteiger partial charge in [-0.05, 0) is 80.8 Å². The highest BCUT2D eigenvalue weighted by Crippen LogP contribution is 2.33. The lowest BCUT2D eigenvalue weighted by Gasteiger charge is -2.34. The van der Waals surface area contributed by atoms with Crippen LogP contribution in [0.3, 0.4) is 0 Å². The highest BCUT2D eigenvalue weighted by molar-refractivity contribution is 8.01. The van der Waals surface area contributed by atoms with Crippen LogP contribution in [0.5, 0.6) is 5.75 Å². The maximum absolute atomic E-state index is 9.55. The molecule has 0 spiro atoms. The number of pyridine rings is 1. The van der Waals surface area contributed by atoms with E-state index in [0.29, 0.717) is 18.8 Å². The first-order chi connectivity index (χ1) is 21.8. The number of likely N-dealkylation sites (tertiary alicyclic amines) is 1. The Morgan fingerprint density at radius 2 is 1.82 bits per heavy atom. The molecule has 0 bridgehead atoms. The van der Waals surface area contributed by atoms with Crippen molar-refractivity contribution in [3.8, 4) is 5.75 Å². The lowest BCUT2D eigenvalue weighted by atomic mass is 10.0. The minimum Gasteiger partial charge on any atom is -0.494 e. The van der Waals surface area contributed by atoms with Gasteiger partial charge in [0.05, 0.1) is 28.6 Å². The number of aromatic nitrogens is 2. The Hall–Kier alpha value is -3.48. The molecule has 2 aromatic heterocycles. The summed E-state index contributed by atoms with van der Waals surface area (Å²) < 4.78 is 14.6. The van der Waals surface area contributed by atoms with Crippen LogP contribution in [0.25, 0.3) is 10.2 Å². The van der Waals surface area contributed by atoms with Gasteiger partial charge in [0.25, 0.3) is 0 Å². The number of nitrogens with zero attached hydrogens (tertiary/aromatic N) is 3. The zero-order chi connectivity index (χ0) is 32.0. The van der Waals surface area contributed by atoms with Crippen molar-refractivity contribution in [2.24, 2.45) is 0 Å². The van der Waals surface area contributed by atoms with Gasteiger partial charge >= 0.3 is 11.9 Å². The molecule has 1 aliphatic rings. The van der Waals surface area contributed by atoms with Gasteiger partial charge in [0.1, 0.15) is 11.9 Å². The summed E-state index contributed by atoms with van der Waals surface area (Å²) in [5, 5.41) is 16.4. The van der Waals surface area contributed by atoms with Crippen LogP contribution in [0.2, 0.25) is 5.02 Å². The van der Waals surface area contributed by atoms with Gasteiger partial charge in [-0.15, -0.1) is 11.3 Å². The molecule has 1 fully saturated rings. The first-order valence-electron chi connectivity index (χ1n) is 14.6. The van der Waals surface area contributed by atoms with Crippen LogP contribution in [-0.2, 0) is 14.3 Å². The van der Waals surface area contributed by atoms with E-state index < -0.39 is 11.9 Å². The van der Waals surface area contributed by atoms with Gasteiger partial charge in [-0.2, -0.15) is 0 Å². The number of hydrogen-bond acceptors (Lipinski definition) is 9.